The number of fused-ring (bicyclic) bond motifs is 2. The van der Waals surface area contributed by atoms with Crippen molar-refractivity contribution in [3.05, 3.63) is 35.1 Å². The normalized spacial score (nSPS) is 25.1. The lowest BCUT2D eigenvalue weighted by atomic mass is 9.85. The molecule has 0 aromatic rings. The molecule has 1 fully saturated rings. The number of nitrogens with zero attached hydrogens (tertiary/aromatic N) is 2. The van der Waals surface area contributed by atoms with Crippen molar-refractivity contribution in [2.45, 2.75) is 45.1 Å². The topological polar surface area (TPSA) is 40.6 Å². The average molecular weight is 322 g/mol. The molecule has 0 spiro atoms. The van der Waals surface area contributed by atoms with E-state index in [9.17, 15) is 8.42 Å². The molecule has 0 amide bonds. The van der Waals surface area contributed by atoms with Crippen LogP contribution in [0.2, 0.25) is 0 Å². The third-order valence-electron chi connectivity index (χ3n) is 5.10. The van der Waals surface area contributed by atoms with E-state index in [-0.39, 0.29) is 11.8 Å². The van der Waals surface area contributed by atoms with Crippen LogP contribution in [0.1, 0.15) is 39.0 Å². The van der Waals surface area contributed by atoms with Gasteiger partial charge in [0, 0.05) is 38.3 Å². The second kappa shape index (κ2) is 6.20. The average Bonchev–Trinajstić information content (AvgIpc) is 2.53. The molecule has 1 aliphatic carbocycles. The van der Waals surface area contributed by atoms with Crippen molar-refractivity contribution < 1.29 is 8.42 Å². The van der Waals surface area contributed by atoms with Crippen LogP contribution in [-0.2, 0) is 10.0 Å². The summed E-state index contributed by atoms with van der Waals surface area (Å²) in [6.45, 7) is 3.98. The van der Waals surface area contributed by atoms with Crippen LogP contribution in [0.3, 0.4) is 0 Å². The Labute approximate surface area is 134 Å². The summed E-state index contributed by atoms with van der Waals surface area (Å²) in [5.41, 5.74) is 4.28. The van der Waals surface area contributed by atoms with Crippen molar-refractivity contribution in [2.75, 3.05) is 25.9 Å². The number of hydrogen-bond acceptors (Lipinski definition) is 3. The predicted octanol–water partition coefficient (Wildman–Crippen LogP) is 2.67. The summed E-state index contributed by atoms with van der Waals surface area (Å²) in [5, 5.41) is 0. The van der Waals surface area contributed by atoms with E-state index in [4.69, 9.17) is 0 Å². The van der Waals surface area contributed by atoms with E-state index in [1.807, 2.05) is 6.92 Å². The van der Waals surface area contributed by atoms with Crippen LogP contribution < -0.4 is 0 Å². The van der Waals surface area contributed by atoms with Crippen molar-refractivity contribution in [1.82, 2.24) is 9.21 Å². The number of rotatable bonds is 4. The van der Waals surface area contributed by atoms with Gasteiger partial charge in [-0.1, -0.05) is 25.2 Å². The van der Waals surface area contributed by atoms with E-state index >= 15 is 0 Å². The summed E-state index contributed by atoms with van der Waals surface area (Å²) >= 11 is 0. The Morgan fingerprint density at radius 3 is 2.95 bits per heavy atom. The molecule has 3 aliphatic rings. The fourth-order valence-electron chi connectivity index (χ4n) is 3.79. The molecule has 22 heavy (non-hydrogen) atoms. The zero-order valence-electron chi connectivity index (χ0n) is 13.6. The van der Waals surface area contributed by atoms with Gasteiger partial charge < -0.3 is 4.90 Å². The van der Waals surface area contributed by atoms with Gasteiger partial charge in [-0.3, -0.25) is 0 Å². The third kappa shape index (κ3) is 2.88. The van der Waals surface area contributed by atoms with Gasteiger partial charge in [0.25, 0.3) is 0 Å². The van der Waals surface area contributed by atoms with E-state index < -0.39 is 10.0 Å². The molecular formula is C17H26N2O2S. The van der Waals surface area contributed by atoms with Crippen LogP contribution in [0.25, 0.3) is 0 Å². The fourth-order valence-corrected chi connectivity index (χ4v) is 5.23. The molecular weight excluding hydrogens is 296 g/mol. The lowest BCUT2D eigenvalue weighted by Gasteiger charge is -2.43. The SMILES string of the molecule is CCCS(=O)(=O)N(C)[C@@H]1CCN2CCC3=CC=CCC3=C2C1. The van der Waals surface area contributed by atoms with Gasteiger partial charge in [-0.25, -0.2) is 12.7 Å². The van der Waals surface area contributed by atoms with E-state index in [1.54, 1.807) is 11.4 Å². The Hall–Kier alpha value is -1.07. The number of allylic oxidation sites excluding steroid dienone is 4. The molecule has 4 nitrogen and oxygen atoms in total. The summed E-state index contributed by atoms with van der Waals surface area (Å²) in [6.07, 6.45) is 11.2. The van der Waals surface area contributed by atoms with Gasteiger partial charge in [-0.15, -0.1) is 0 Å². The zero-order valence-corrected chi connectivity index (χ0v) is 14.4. The Morgan fingerprint density at radius 1 is 1.36 bits per heavy atom. The molecule has 0 N–H and O–H groups in total. The summed E-state index contributed by atoms with van der Waals surface area (Å²) in [4.78, 5) is 2.47. The molecule has 0 aromatic carbocycles. The summed E-state index contributed by atoms with van der Waals surface area (Å²) in [6, 6.07) is 0.112. The highest BCUT2D eigenvalue weighted by Gasteiger charge is 2.34. The van der Waals surface area contributed by atoms with E-state index in [1.165, 1.54) is 16.8 Å². The van der Waals surface area contributed by atoms with Crippen molar-refractivity contribution in [2.24, 2.45) is 0 Å². The smallest absolute Gasteiger partial charge is 0.214 e. The minimum absolute atomic E-state index is 0.112. The standard InChI is InChI=1S/C17H26N2O2S/c1-3-12-22(20,21)18(2)15-9-11-19-10-8-14-6-4-5-7-16(14)17(19)13-15/h4-6,15H,3,7-13H2,1-2H3/t15-/m1/s1. The first-order valence-corrected chi connectivity index (χ1v) is 9.92. The maximum absolute atomic E-state index is 12.3. The van der Waals surface area contributed by atoms with Crippen molar-refractivity contribution >= 4 is 10.0 Å². The Morgan fingerprint density at radius 2 is 2.18 bits per heavy atom. The molecule has 3 rings (SSSR count). The van der Waals surface area contributed by atoms with Crippen LogP contribution in [0.4, 0.5) is 0 Å². The number of piperidine rings is 1. The highest BCUT2D eigenvalue weighted by atomic mass is 32.2. The maximum atomic E-state index is 12.3. The lowest BCUT2D eigenvalue weighted by molar-refractivity contribution is 0.210. The Balaban J connectivity index is 1.83. The van der Waals surface area contributed by atoms with Gasteiger partial charge in [-0.2, -0.15) is 0 Å². The first-order chi connectivity index (χ1) is 10.5. The van der Waals surface area contributed by atoms with Crippen LogP contribution in [0.15, 0.2) is 35.1 Å². The van der Waals surface area contributed by atoms with Crippen molar-refractivity contribution in [3.8, 4) is 0 Å². The van der Waals surface area contributed by atoms with Crippen molar-refractivity contribution in [3.63, 3.8) is 0 Å². The van der Waals surface area contributed by atoms with E-state index in [2.05, 4.69) is 23.1 Å². The molecule has 0 radical (unpaired) electrons. The monoisotopic (exact) mass is 322 g/mol. The molecule has 0 aromatic heterocycles. The largest absolute Gasteiger partial charge is 0.374 e. The quantitative estimate of drug-likeness (QED) is 0.799. The first kappa shape index (κ1) is 15.8. The molecule has 5 heteroatoms. The molecule has 2 aliphatic heterocycles. The highest BCUT2D eigenvalue weighted by Crippen LogP contribution is 2.38. The summed E-state index contributed by atoms with van der Waals surface area (Å²) < 4.78 is 26.3. The summed E-state index contributed by atoms with van der Waals surface area (Å²) in [7, 11) is -1.35. The number of sulfonamides is 1. The molecule has 2 heterocycles. The molecule has 122 valence electrons. The molecule has 1 atom stereocenters. The van der Waals surface area contributed by atoms with Crippen LogP contribution in [-0.4, -0.2) is 49.6 Å². The molecule has 0 unspecified atom stereocenters. The highest BCUT2D eigenvalue weighted by molar-refractivity contribution is 7.89. The minimum Gasteiger partial charge on any atom is -0.374 e. The van der Waals surface area contributed by atoms with Gasteiger partial charge in [0.05, 0.1) is 5.75 Å². The number of hydrogen-bond donors (Lipinski definition) is 0. The minimum atomic E-state index is -3.11. The predicted molar refractivity (Wildman–Crippen MR) is 89.9 cm³/mol. The molecule has 1 saturated heterocycles. The van der Waals surface area contributed by atoms with Crippen molar-refractivity contribution in [1.29, 1.82) is 0 Å². The van der Waals surface area contributed by atoms with Gasteiger partial charge in [-0.05, 0) is 36.8 Å². The Kier molecular flexibility index (Phi) is 4.46. The van der Waals surface area contributed by atoms with Gasteiger partial charge >= 0.3 is 0 Å². The second-order valence-corrected chi connectivity index (χ2v) is 8.61. The van der Waals surface area contributed by atoms with Crippen LogP contribution >= 0.6 is 0 Å². The van der Waals surface area contributed by atoms with E-state index in [0.29, 0.717) is 6.42 Å². The van der Waals surface area contributed by atoms with E-state index in [0.717, 1.165) is 38.8 Å². The fraction of sp³-hybridized carbons (Fsp3) is 0.647. The maximum Gasteiger partial charge on any atom is 0.214 e. The Bertz CT molecular complexity index is 631. The van der Waals surface area contributed by atoms with Crippen LogP contribution in [0, 0.1) is 0 Å². The van der Waals surface area contributed by atoms with Crippen LogP contribution in [0.5, 0.6) is 0 Å². The molecule has 0 saturated carbocycles. The van der Waals surface area contributed by atoms with Gasteiger partial charge in [0.1, 0.15) is 0 Å². The van der Waals surface area contributed by atoms with Gasteiger partial charge in [0.2, 0.25) is 10.0 Å². The second-order valence-electron chi connectivity index (χ2n) is 6.47. The third-order valence-corrected chi connectivity index (χ3v) is 7.20. The summed E-state index contributed by atoms with van der Waals surface area (Å²) in [5.74, 6) is 0.253. The first-order valence-electron chi connectivity index (χ1n) is 8.31. The zero-order chi connectivity index (χ0) is 15.7. The van der Waals surface area contributed by atoms with Gasteiger partial charge in [0.15, 0.2) is 0 Å². The molecule has 0 bridgehead atoms. The lowest BCUT2D eigenvalue weighted by Crippen LogP contribution is -2.46.